The fourth-order valence-electron chi connectivity index (χ4n) is 1.84. The molecular formula is C11H18N5O3+. The molecule has 0 fully saturated rings. The molecule has 104 valence electrons. The van der Waals surface area contributed by atoms with Crippen molar-refractivity contribution >= 4 is 17.0 Å². The van der Waals surface area contributed by atoms with Crippen molar-refractivity contribution in [3.8, 4) is 0 Å². The van der Waals surface area contributed by atoms with E-state index in [2.05, 4.69) is 20.3 Å². The van der Waals surface area contributed by atoms with Crippen LogP contribution in [-0.4, -0.2) is 50.6 Å². The Kier molecular flexibility index (Phi) is 4.27. The van der Waals surface area contributed by atoms with E-state index in [0.29, 0.717) is 12.5 Å². The normalized spacial score (nSPS) is 14.7. The van der Waals surface area contributed by atoms with Gasteiger partial charge in [0, 0.05) is 18.3 Å². The largest absolute Gasteiger partial charge is 0.395 e. The number of H-pyrrole nitrogens is 2. The Morgan fingerprint density at radius 3 is 2.89 bits per heavy atom. The van der Waals surface area contributed by atoms with Gasteiger partial charge in [0.25, 0.3) is 0 Å². The summed E-state index contributed by atoms with van der Waals surface area (Å²) in [4.78, 5) is 10.0. The SMILES string of the molecule is Nc1nc2c(CN[C@H](CO)[C@@H](O)CO)c[nH]c2c[nH+]1. The van der Waals surface area contributed by atoms with Gasteiger partial charge in [0.05, 0.1) is 31.6 Å². The highest BCUT2D eigenvalue weighted by Crippen LogP contribution is 2.14. The number of hydrogen-bond donors (Lipinski definition) is 6. The number of nitrogens with zero attached hydrogens (tertiary/aromatic N) is 1. The lowest BCUT2D eigenvalue weighted by Crippen LogP contribution is -2.44. The predicted octanol–water partition coefficient (Wildman–Crippen LogP) is -2.24. The summed E-state index contributed by atoms with van der Waals surface area (Å²) in [5.74, 6) is 0.308. The quantitative estimate of drug-likeness (QED) is 0.350. The number of aromatic amines is 2. The van der Waals surface area contributed by atoms with Crippen molar-refractivity contribution in [3.05, 3.63) is 18.0 Å². The van der Waals surface area contributed by atoms with Gasteiger partial charge < -0.3 is 25.6 Å². The highest BCUT2D eigenvalue weighted by molar-refractivity contribution is 5.77. The lowest BCUT2D eigenvalue weighted by atomic mass is 10.1. The van der Waals surface area contributed by atoms with Gasteiger partial charge in [0.1, 0.15) is 5.52 Å². The van der Waals surface area contributed by atoms with Gasteiger partial charge in [0.2, 0.25) is 0 Å². The van der Waals surface area contributed by atoms with E-state index in [1.54, 1.807) is 12.4 Å². The summed E-state index contributed by atoms with van der Waals surface area (Å²) in [6.45, 7) is -0.293. The molecule has 0 bridgehead atoms. The molecular weight excluding hydrogens is 250 g/mol. The van der Waals surface area contributed by atoms with Crippen LogP contribution in [0.25, 0.3) is 11.0 Å². The maximum absolute atomic E-state index is 9.48. The standard InChI is InChI=1S/C11H17N5O3/c12-11-15-3-7-10(16-11)6(1-13-7)2-14-8(4-17)9(19)5-18/h1,3,8-9,13-14,17-19H,2,4-5H2,(H2,12,15,16)/p+1/t8-,9+/m1/s1. The van der Waals surface area contributed by atoms with E-state index >= 15 is 0 Å². The highest BCUT2D eigenvalue weighted by atomic mass is 16.3. The second kappa shape index (κ2) is 5.93. The minimum absolute atomic E-state index is 0.270. The van der Waals surface area contributed by atoms with Crippen molar-refractivity contribution in [1.82, 2.24) is 15.3 Å². The molecule has 8 nitrogen and oxygen atoms in total. The average Bonchev–Trinajstić information content (AvgIpc) is 2.81. The first-order valence-corrected chi connectivity index (χ1v) is 5.93. The maximum atomic E-state index is 9.48. The third-order valence-corrected chi connectivity index (χ3v) is 2.96. The van der Waals surface area contributed by atoms with E-state index in [-0.39, 0.29) is 6.61 Å². The molecule has 8 N–H and O–H groups in total. The zero-order chi connectivity index (χ0) is 13.8. The van der Waals surface area contributed by atoms with Gasteiger partial charge in [-0.15, -0.1) is 0 Å². The minimum Gasteiger partial charge on any atom is -0.395 e. The summed E-state index contributed by atoms with van der Waals surface area (Å²) < 4.78 is 0. The number of nitrogen functional groups attached to an aromatic ring is 1. The van der Waals surface area contributed by atoms with Gasteiger partial charge in [0.15, 0.2) is 5.52 Å². The molecule has 0 saturated heterocycles. The molecule has 2 aromatic rings. The van der Waals surface area contributed by atoms with Crippen molar-refractivity contribution in [2.24, 2.45) is 0 Å². The monoisotopic (exact) mass is 268 g/mol. The first-order valence-electron chi connectivity index (χ1n) is 5.93. The van der Waals surface area contributed by atoms with Crippen molar-refractivity contribution in [1.29, 1.82) is 0 Å². The van der Waals surface area contributed by atoms with Crippen LogP contribution in [0, 0.1) is 0 Å². The molecule has 0 aliphatic heterocycles. The Balaban J connectivity index is 2.11. The number of fused-ring (bicyclic) bond motifs is 1. The molecule has 0 saturated carbocycles. The van der Waals surface area contributed by atoms with Crippen LogP contribution in [0.5, 0.6) is 0 Å². The average molecular weight is 268 g/mol. The van der Waals surface area contributed by atoms with Crippen molar-refractivity contribution < 1.29 is 20.3 Å². The van der Waals surface area contributed by atoms with Crippen LogP contribution in [0.3, 0.4) is 0 Å². The van der Waals surface area contributed by atoms with E-state index in [4.69, 9.17) is 15.9 Å². The second-order valence-electron chi connectivity index (χ2n) is 4.28. The van der Waals surface area contributed by atoms with Gasteiger partial charge in [-0.1, -0.05) is 4.98 Å². The summed E-state index contributed by atoms with van der Waals surface area (Å²) in [7, 11) is 0. The van der Waals surface area contributed by atoms with Gasteiger partial charge in [-0.2, -0.15) is 0 Å². The van der Waals surface area contributed by atoms with Gasteiger partial charge in [-0.3, -0.25) is 5.73 Å². The zero-order valence-corrected chi connectivity index (χ0v) is 10.3. The minimum atomic E-state index is -1.01. The molecule has 0 aromatic carbocycles. The van der Waals surface area contributed by atoms with Crippen LogP contribution in [0.2, 0.25) is 0 Å². The summed E-state index contributed by atoms with van der Waals surface area (Å²) in [6.07, 6.45) is 2.48. The van der Waals surface area contributed by atoms with Crippen molar-refractivity contribution in [2.45, 2.75) is 18.7 Å². The molecule has 8 heteroatoms. The van der Waals surface area contributed by atoms with Crippen molar-refractivity contribution in [2.75, 3.05) is 18.9 Å². The Hall–Kier alpha value is -1.74. The summed E-state index contributed by atoms with van der Waals surface area (Å²) >= 11 is 0. The lowest BCUT2D eigenvalue weighted by Gasteiger charge is -2.20. The van der Waals surface area contributed by atoms with Gasteiger partial charge >= 0.3 is 5.95 Å². The van der Waals surface area contributed by atoms with Gasteiger partial charge in [-0.05, 0) is 0 Å². The predicted molar refractivity (Wildman–Crippen MR) is 67.9 cm³/mol. The summed E-state index contributed by atoms with van der Waals surface area (Å²) in [5, 5.41) is 30.4. The van der Waals surface area contributed by atoms with E-state index in [9.17, 15) is 5.11 Å². The maximum Gasteiger partial charge on any atom is 0.387 e. The Morgan fingerprint density at radius 1 is 1.42 bits per heavy atom. The number of anilines is 1. The molecule has 19 heavy (non-hydrogen) atoms. The fraction of sp³-hybridized carbons (Fsp3) is 0.455. The van der Waals surface area contributed by atoms with E-state index in [0.717, 1.165) is 16.6 Å². The molecule has 0 unspecified atom stereocenters. The molecule has 0 aliphatic carbocycles. The molecule has 2 aromatic heterocycles. The smallest absolute Gasteiger partial charge is 0.387 e. The number of hydrogen-bond acceptors (Lipinski definition) is 6. The first-order chi connectivity index (χ1) is 9.15. The number of aromatic nitrogens is 3. The number of aliphatic hydroxyl groups excluding tert-OH is 3. The van der Waals surface area contributed by atoms with Crippen LogP contribution in [0.15, 0.2) is 12.4 Å². The molecule has 0 spiro atoms. The van der Waals surface area contributed by atoms with E-state index < -0.39 is 18.8 Å². The second-order valence-corrected chi connectivity index (χ2v) is 4.28. The molecule has 2 heterocycles. The van der Waals surface area contributed by atoms with E-state index in [1.807, 2.05) is 0 Å². The van der Waals surface area contributed by atoms with Crippen LogP contribution in [0.1, 0.15) is 5.56 Å². The highest BCUT2D eigenvalue weighted by Gasteiger charge is 2.18. The molecule has 0 aliphatic rings. The van der Waals surface area contributed by atoms with Crippen LogP contribution in [0.4, 0.5) is 5.95 Å². The summed E-state index contributed by atoms with van der Waals surface area (Å²) in [6, 6.07) is -0.595. The van der Waals surface area contributed by atoms with Crippen LogP contribution < -0.4 is 16.0 Å². The van der Waals surface area contributed by atoms with E-state index in [1.165, 1.54) is 0 Å². The Morgan fingerprint density at radius 2 is 2.21 bits per heavy atom. The third-order valence-electron chi connectivity index (χ3n) is 2.96. The van der Waals surface area contributed by atoms with Crippen LogP contribution >= 0.6 is 0 Å². The first kappa shape index (κ1) is 13.7. The Labute approximate surface area is 109 Å². The molecule has 2 atom stereocenters. The fourth-order valence-corrected chi connectivity index (χ4v) is 1.84. The number of nitrogens with two attached hydrogens (primary N) is 1. The molecule has 2 rings (SSSR count). The number of rotatable bonds is 6. The molecule has 0 radical (unpaired) electrons. The number of aliphatic hydroxyl groups is 3. The van der Waals surface area contributed by atoms with Gasteiger partial charge in [-0.25, -0.2) is 4.98 Å². The van der Waals surface area contributed by atoms with Crippen LogP contribution in [-0.2, 0) is 6.54 Å². The lowest BCUT2D eigenvalue weighted by molar-refractivity contribution is -0.362. The third kappa shape index (κ3) is 2.99. The Bertz CT molecular complexity index is 544. The number of nitrogens with one attached hydrogen (secondary N) is 3. The van der Waals surface area contributed by atoms with Crippen molar-refractivity contribution in [3.63, 3.8) is 0 Å². The topological polar surface area (TPSA) is 142 Å². The zero-order valence-electron chi connectivity index (χ0n) is 10.3. The summed E-state index contributed by atoms with van der Waals surface area (Å²) in [5.41, 5.74) is 7.99. The molecule has 0 amide bonds.